The second-order valence-corrected chi connectivity index (χ2v) is 6.93. The van der Waals surface area contributed by atoms with Gasteiger partial charge < -0.3 is 9.80 Å². The molecule has 0 unspecified atom stereocenters. The SMILES string of the molecule is Cc1ccc(C)c(-c2cnc3c(c2)N(CCN2CCC2)C(=O)C3)c1. The van der Waals surface area contributed by atoms with Crippen molar-refractivity contribution in [3.8, 4) is 11.1 Å². The average Bonchev–Trinajstić information content (AvgIpc) is 2.83. The number of amides is 1. The maximum absolute atomic E-state index is 12.4. The summed E-state index contributed by atoms with van der Waals surface area (Å²) < 4.78 is 0. The summed E-state index contributed by atoms with van der Waals surface area (Å²) in [5.74, 6) is 0.177. The van der Waals surface area contributed by atoms with E-state index in [0.29, 0.717) is 6.42 Å². The van der Waals surface area contributed by atoms with Crippen LogP contribution in [0.4, 0.5) is 5.69 Å². The van der Waals surface area contributed by atoms with Gasteiger partial charge in [0.15, 0.2) is 0 Å². The van der Waals surface area contributed by atoms with Gasteiger partial charge in [0.1, 0.15) is 0 Å². The molecule has 4 heteroatoms. The monoisotopic (exact) mass is 321 g/mol. The number of pyridine rings is 1. The number of hydrogen-bond donors (Lipinski definition) is 0. The molecule has 1 aromatic heterocycles. The predicted octanol–water partition coefficient (Wildman–Crippen LogP) is 2.96. The molecule has 4 rings (SSSR count). The Labute approximate surface area is 143 Å². The molecule has 0 aliphatic carbocycles. The zero-order chi connectivity index (χ0) is 16.7. The molecule has 1 saturated heterocycles. The molecule has 2 aliphatic rings. The third kappa shape index (κ3) is 2.71. The standard InChI is InChI=1S/C20H23N3O/c1-14-4-5-15(2)17(10-14)16-11-19-18(21-13-16)12-20(24)23(19)9-8-22-6-3-7-22/h4-5,10-11,13H,3,6-9,12H2,1-2H3. The summed E-state index contributed by atoms with van der Waals surface area (Å²) in [6.45, 7) is 8.27. The third-order valence-corrected chi connectivity index (χ3v) is 5.15. The highest BCUT2D eigenvalue weighted by Gasteiger charge is 2.29. The summed E-state index contributed by atoms with van der Waals surface area (Å²) in [7, 11) is 0. The number of rotatable bonds is 4. The molecule has 24 heavy (non-hydrogen) atoms. The Morgan fingerprint density at radius 1 is 1.12 bits per heavy atom. The third-order valence-electron chi connectivity index (χ3n) is 5.15. The van der Waals surface area contributed by atoms with E-state index in [1.54, 1.807) is 0 Å². The number of nitrogens with zero attached hydrogens (tertiary/aromatic N) is 3. The van der Waals surface area contributed by atoms with Gasteiger partial charge in [0.2, 0.25) is 5.91 Å². The molecule has 0 N–H and O–H groups in total. The number of aryl methyl sites for hydroxylation is 2. The summed E-state index contributed by atoms with van der Waals surface area (Å²) in [6.07, 6.45) is 3.62. The van der Waals surface area contributed by atoms with E-state index in [1.807, 2.05) is 11.1 Å². The van der Waals surface area contributed by atoms with E-state index in [4.69, 9.17) is 0 Å². The summed E-state index contributed by atoms with van der Waals surface area (Å²) in [4.78, 5) is 21.3. The van der Waals surface area contributed by atoms with Crippen LogP contribution in [-0.4, -0.2) is 42.0 Å². The fraction of sp³-hybridized carbons (Fsp3) is 0.400. The molecule has 0 atom stereocenters. The van der Waals surface area contributed by atoms with Gasteiger partial charge >= 0.3 is 0 Å². The van der Waals surface area contributed by atoms with E-state index in [0.717, 1.165) is 43.1 Å². The Hall–Kier alpha value is -2.20. The van der Waals surface area contributed by atoms with Crippen molar-refractivity contribution in [3.63, 3.8) is 0 Å². The van der Waals surface area contributed by atoms with Crippen molar-refractivity contribution >= 4 is 11.6 Å². The topological polar surface area (TPSA) is 36.4 Å². The Kier molecular flexibility index (Phi) is 3.85. The zero-order valence-electron chi connectivity index (χ0n) is 14.4. The fourth-order valence-electron chi connectivity index (χ4n) is 3.51. The van der Waals surface area contributed by atoms with E-state index in [1.165, 1.54) is 23.1 Å². The molecule has 0 spiro atoms. The van der Waals surface area contributed by atoms with E-state index < -0.39 is 0 Å². The molecule has 2 aromatic rings. The lowest BCUT2D eigenvalue weighted by molar-refractivity contribution is -0.117. The second kappa shape index (κ2) is 6.02. The van der Waals surface area contributed by atoms with Gasteiger partial charge in [0.05, 0.1) is 17.8 Å². The Morgan fingerprint density at radius 2 is 1.96 bits per heavy atom. The summed E-state index contributed by atoms with van der Waals surface area (Å²) in [5, 5.41) is 0. The number of benzene rings is 1. The molecule has 3 heterocycles. The number of carbonyl (C=O) groups excluding carboxylic acids is 1. The highest BCUT2D eigenvalue weighted by molar-refractivity contribution is 6.01. The van der Waals surface area contributed by atoms with Crippen LogP contribution in [-0.2, 0) is 11.2 Å². The van der Waals surface area contributed by atoms with Crippen LogP contribution in [0.3, 0.4) is 0 Å². The lowest BCUT2D eigenvalue weighted by Gasteiger charge is -2.32. The first-order chi connectivity index (χ1) is 11.6. The minimum absolute atomic E-state index is 0.177. The lowest BCUT2D eigenvalue weighted by atomic mass is 9.99. The highest BCUT2D eigenvalue weighted by atomic mass is 16.2. The number of hydrogen-bond acceptors (Lipinski definition) is 3. The maximum atomic E-state index is 12.4. The summed E-state index contributed by atoms with van der Waals surface area (Å²) in [5.41, 5.74) is 6.68. The van der Waals surface area contributed by atoms with Crippen molar-refractivity contribution in [2.45, 2.75) is 26.7 Å². The van der Waals surface area contributed by atoms with Gasteiger partial charge in [0, 0.05) is 24.8 Å². The zero-order valence-corrected chi connectivity index (χ0v) is 14.4. The molecule has 0 bridgehead atoms. The molecule has 2 aliphatic heterocycles. The fourth-order valence-corrected chi connectivity index (χ4v) is 3.51. The molecule has 1 aromatic carbocycles. The van der Waals surface area contributed by atoms with E-state index >= 15 is 0 Å². The van der Waals surface area contributed by atoms with Crippen molar-refractivity contribution < 1.29 is 4.79 Å². The van der Waals surface area contributed by atoms with Crippen LogP contribution in [0, 0.1) is 13.8 Å². The minimum atomic E-state index is 0.177. The molecule has 0 radical (unpaired) electrons. The van der Waals surface area contributed by atoms with E-state index in [9.17, 15) is 4.79 Å². The maximum Gasteiger partial charge on any atom is 0.233 e. The summed E-state index contributed by atoms with van der Waals surface area (Å²) >= 11 is 0. The molecule has 124 valence electrons. The van der Waals surface area contributed by atoms with Crippen LogP contribution in [0.15, 0.2) is 30.5 Å². The van der Waals surface area contributed by atoms with Gasteiger partial charge in [-0.25, -0.2) is 0 Å². The first-order valence-electron chi connectivity index (χ1n) is 8.71. The van der Waals surface area contributed by atoms with Crippen LogP contribution in [0.1, 0.15) is 23.2 Å². The number of carbonyl (C=O) groups is 1. The smallest absolute Gasteiger partial charge is 0.233 e. The van der Waals surface area contributed by atoms with Crippen molar-refractivity contribution in [2.24, 2.45) is 0 Å². The van der Waals surface area contributed by atoms with Crippen LogP contribution in [0.25, 0.3) is 11.1 Å². The van der Waals surface area contributed by atoms with Crippen molar-refractivity contribution in [3.05, 3.63) is 47.3 Å². The van der Waals surface area contributed by atoms with Gasteiger partial charge in [-0.05, 0) is 50.6 Å². The minimum Gasteiger partial charge on any atom is -0.309 e. The van der Waals surface area contributed by atoms with Crippen LogP contribution >= 0.6 is 0 Å². The first-order valence-corrected chi connectivity index (χ1v) is 8.71. The van der Waals surface area contributed by atoms with Gasteiger partial charge in [-0.1, -0.05) is 23.8 Å². The molecular weight excluding hydrogens is 298 g/mol. The van der Waals surface area contributed by atoms with E-state index in [2.05, 4.69) is 48.0 Å². The van der Waals surface area contributed by atoms with Gasteiger partial charge in [-0.3, -0.25) is 9.78 Å². The van der Waals surface area contributed by atoms with Crippen molar-refractivity contribution in [1.82, 2.24) is 9.88 Å². The van der Waals surface area contributed by atoms with E-state index in [-0.39, 0.29) is 5.91 Å². The van der Waals surface area contributed by atoms with Crippen LogP contribution in [0.5, 0.6) is 0 Å². The van der Waals surface area contributed by atoms with Gasteiger partial charge in [0.25, 0.3) is 0 Å². The normalized spacial score (nSPS) is 17.1. The molecule has 1 fully saturated rings. The van der Waals surface area contributed by atoms with Crippen molar-refractivity contribution in [2.75, 3.05) is 31.1 Å². The van der Waals surface area contributed by atoms with Gasteiger partial charge in [-0.15, -0.1) is 0 Å². The Morgan fingerprint density at radius 3 is 2.71 bits per heavy atom. The second-order valence-electron chi connectivity index (χ2n) is 6.93. The molecule has 1 amide bonds. The van der Waals surface area contributed by atoms with Crippen LogP contribution in [0.2, 0.25) is 0 Å². The summed E-state index contributed by atoms with van der Waals surface area (Å²) in [6, 6.07) is 8.61. The first kappa shape index (κ1) is 15.3. The molecular formula is C20H23N3O. The molecule has 0 saturated carbocycles. The Bertz CT molecular complexity index is 795. The number of anilines is 1. The van der Waals surface area contributed by atoms with Crippen LogP contribution < -0.4 is 4.90 Å². The number of aromatic nitrogens is 1. The number of likely N-dealkylation sites (tertiary alicyclic amines) is 1. The quantitative estimate of drug-likeness (QED) is 0.869. The predicted molar refractivity (Wildman–Crippen MR) is 96.3 cm³/mol. The molecule has 4 nitrogen and oxygen atoms in total. The van der Waals surface area contributed by atoms with Gasteiger partial charge in [-0.2, -0.15) is 0 Å². The number of fused-ring (bicyclic) bond motifs is 1. The Balaban J connectivity index is 1.65. The van der Waals surface area contributed by atoms with Crippen molar-refractivity contribution in [1.29, 1.82) is 0 Å². The lowest BCUT2D eigenvalue weighted by Crippen LogP contribution is -2.43. The average molecular weight is 321 g/mol. The highest BCUT2D eigenvalue weighted by Crippen LogP contribution is 2.33. The largest absolute Gasteiger partial charge is 0.309 e.